The first kappa shape index (κ1) is 17.8. The lowest BCUT2D eigenvalue weighted by Gasteiger charge is -2.45. The van der Waals surface area contributed by atoms with Gasteiger partial charge in [0.1, 0.15) is 24.4 Å². The first-order valence-corrected chi connectivity index (χ1v) is 6.93. The van der Waals surface area contributed by atoms with Crippen LogP contribution < -0.4 is 0 Å². The molecule has 3 N–H and O–H groups in total. The maximum atomic E-state index is 10.2. The summed E-state index contributed by atoms with van der Waals surface area (Å²) in [5, 5.41) is 29.8. The molecular formula is C14H28O6. The molecule has 120 valence electrons. The van der Waals surface area contributed by atoms with E-state index in [0.29, 0.717) is 0 Å². The lowest BCUT2D eigenvalue weighted by atomic mass is 9.97. The van der Waals surface area contributed by atoms with Gasteiger partial charge in [0.2, 0.25) is 0 Å². The predicted molar refractivity (Wildman–Crippen MR) is 73.2 cm³/mol. The summed E-state index contributed by atoms with van der Waals surface area (Å²) in [7, 11) is 0. The van der Waals surface area contributed by atoms with Crippen molar-refractivity contribution in [2.75, 3.05) is 6.61 Å². The van der Waals surface area contributed by atoms with Crippen molar-refractivity contribution in [3.8, 4) is 0 Å². The third-order valence-corrected chi connectivity index (χ3v) is 2.78. The molecule has 6 heteroatoms. The Kier molecular flexibility index (Phi) is 5.57. The molecular weight excluding hydrogens is 264 g/mol. The van der Waals surface area contributed by atoms with Crippen LogP contribution in [0.15, 0.2) is 0 Å². The number of aliphatic hydroxyl groups excluding tert-OH is 3. The highest BCUT2D eigenvalue weighted by Crippen LogP contribution is 2.29. The fourth-order valence-electron chi connectivity index (χ4n) is 2.05. The van der Waals surface area contributed by atoms with Crippen LogP contribution >= 0.6 is 0 Å². The van der Waals surface area contributed by atoms with Crippen LogP contribution in [0.25, 0.3) is 0 Å². The molecule has 0 amide bonds. The van der Waals surface area contributed by atoms with Gasteiger partial charge in [-0.25, -0.2) is 0 Å². The Morgan fingerprint density at radius 2 is 1.40 bits per heavy atom. The second kappa shape index (κ2) is 6.25. The van der Waals surface area contributed by atoms with Gasteiger partial charge in [-0.2, -0.15) is 0 Å². The average Bonchev–Trinajstić information content (AvgIpc) is 2.25. The largest absolute Gasteiger partial charge is 0.394 e. The van der Waals surface area contributed by atoms with E-state index in [4.69, 9.17) is 14.2 Å². The highest BCUT2D eigenvalue weighted by atomic mass is 16.7. The van der Waals surface area contributed by atoms with Crippen molar-refractivity contribution in [1.29, 1.82) is 0 Å². The van der Waals surface area contributed by atoms with Crippen LogP contribution in [0.4, 0.5) is 0 Å². The highest BCUT2D eigenvalue weighted by molar-refractivity contribution is 4.92. The molecule has 1 rings (SSSR count). The normalized spacial score (nSPS) is 36.1. The summed E-state index contributed by atoms with van der Waals surface area (Å²) in [5.41, 5.74) is -1.07. The van der Waals surface area contributed by atoms with E-state index in [9.17, 15) is 15.3 Å². The Hall–Kier alpha value is -0.240. The fraction of sp³-hybridized carbons (Fsp3) is 1.00. The van der Waals surface area contributed by atoms with Crippen LogP contribution in [0.1, 0.15) is 41.5 Å². The highest BCUT2D eigenvalue weighted by Gasteiger charge is 2.47. The number of ether oxygens (including phenoxy) is 3. The number of rotatable bonds is 3. The fourth-order valence-corrected chi connectivity index (χ4v) is 2.05. The molecule has 5 unspecified atom stereocenters. The van der Waals surface area contributed by atoms with Gasteiger partial charge < -0.3 is 29.5 Å². The first-order valence-electron chi connectivity index (χ1n) is 6.93. The van der Waals surface area contributed by atoms with Crippen molar-refractivity contribution in [3.05, 3.63) is 0 Å². The van der Waals surface area contributed by atoms with Crippen LogP contribution in [-0.2, 0) is 14.2 Å². The van der Waals surface area contributed by atoms with Crippen LogP contribution in [0.2, 0.25) is 0 Å². The van der Waals surface area contributed by atoms with Gasteiger partial charge in [-0.3, -0.25) is 0 Å². The predicted octanol–water partition coefficient (Wildman–Crippen LogP) is 0.424. The minimum Gasteiger partial charge on any atom is -0.394 e. The second-order valence-electron chi connectivity index (χ2n) is 7.13. The molecule has 1 saturated heterocycles. The van der Waals surface area contributed by atoms with E-state index < -0.39 is 41.9 Å². The minimum atomic E-state index is -1.23. The van der Waals surface area contributed by atoms with E-state index in [0.717, 1.165) is 0 Å². The molecule has 6 nitrogen and oxygen atoms in total. The molecule has 20 heavy (non-hydrogen) atoms. The Morgan fingerprint density at radius 3 is 1.80 bits per heavy atom. The Balaban J connectivity index is 2.84. The molecule has 0 aliphatic carbocycles. The van der Waals surface area contributed by atoms with Gasteiger partial charge in [-0.05, 0) is 41.5 Å². The molecule has 0 radical (unpaired) electrons. The average molecular weight is 292 g/mol. The van der Waals surface area contributed by atoms with Crippen molar-refractivity contribution in [1.82, 2.24) is 0 Å². The zero-order valence-electron chi connectivity index (χ0n) is 13.2. The summed E-state index contributed by atoms with van der Waals surface area (Å²) < 4.78 is 16.8. The van der Waals surface area contributed by atoms with Gasteiger partial charge in [0, 0.05) is 0 Å². The monoisotopic (exact) mass is 292 g/mol. The van der Waals surface area contributed by atoms with Gasteiger partial charge in [0.15, 0.2) is 6.29 Å². The molecule has 5 atom stereocenters. The van der Waals surface area contributed by atoms with Crippen molar-refractivity contribution in [2.45, 2.75) is 83.5 Å². The molecule has 0 saturated carbocycles. The molecule has 1 aliphatic rings. The molecule has 1 heterocycles. The lowest BCUT2D eigenvalue weighted by Crippen LogP contribution is -2.62. The third kappa shape index (κ3) is 4.95. The summed E-state index contributed by atoms with van der Waals surface area (Å²) in [6, 6.07) is 0. The van der Waals surface area contributed by atoms with Crippen LogP contribution in [0, 0.1) is 0 Å². The van der Waals surface area contributed by atoms with Crippen molar-refractivity contribution in [2.24, 2.45) is 0 Å². The van der Waals surface area contributed by atoms with E-state index in [1.807, 2.05) is 41.5 Å². The van der Waals surface area contributed by atoms with Gasteiger partial charge in [-0.1, -0.05) is 0 Å². The third-order valence-electron chi connectivity index (χ3n) is 2.78. The maximum absolute atomic E-state index is 10.2. The summed E-state index contributed by atoms with van der Waals surface area (Å²) in [6.07, 6.45) is -4.98. The van der Waals surface area contributed by atoms with Gasteiger partial charge in [0.25, 0.3) is 0 Å². The van der Waals surface area contributed by atoms with Gasteiger partial charge in [0.05, 0.1) is 17.8 Å². The van der Waals surface area contributed by atoms with Gasteiger partial charge >= 0.3 is 0 Å². The van der Waals surface area contributed by atoms with Crippen molar-refractivity contribution in [3.63, 3.8) is 0 Å². The summed E-state index contributed by atoms with van der Waals surface area (Å²) in [6.45, 7) is 10.6. The zero-order valence-corrected chi connectivity index (χ0v) is 13.2. The van der Waals surface area contributed by atoms with Crippen LogP contribution in [0.3, 0.4) is 0 Å². The topological polar surface area (TPSA) is 88.4 Å². The van der Waals surface area contributed by atoms with Crippen LogP contribution in [-0.4, -0.2) is 63.8 Å². The standard InChI is InChI=1S/C14H28O6/c1-13(2,3)19-11-8(7-15)18-12(10(17)9(11)16)20-14(4,5)6/h8-12,15-17H,7H2,1-6H3. The summed E-state index contributed by atoms with van der Waals surface area (Å²) >= 11 is 0. The van der Waals surface area contributed by atoms with Crippen molar-refractivity contribution >= 4 is 0 Å². The Bertz CT molecular complexity index is 304. The Labute approximate surface area is 120 Å². The Morgan fingerprint density at radius 1 is 0.900 bits per heavy atom. The van der Waals surface area contributed by atoms with Crippen LogP contribution in [0.5, 0.6) is 0 Å². The minimum absolute atomic E-state index is 0.325. The SMILES string of the molecule is CC(C)(C)OC1OC(CO)C(OC(C)(C)C)C(O)C1O. The maximum Gasteiger partial charge on any atom is 0.187 e. The lowest BCUT2D eigenvalue weighted by molar-refractivity contribution is -0.334. The summed E-state index contributed by atoms with van der Waals surface area (Å²) in [4.78, 5) is 0. The van der Waals surface area contributed by atoms with E-state index in [1.54, 1.807) is 0 Å². The zero-order chi connectivity index (χ0) is 15.7. The van der Waals surface area contributed by atoms with E-state index in [1.165, 1.54) is 0 Å². The van der Waals surface area contributed by atoms with E-state index >= 15 is 0 Å². The number of hydrogen-bond donors (Lipinski definition) is 3. The van der Waals surface area contributed by atoms with Gasteiger partial charge in [-0.15, -0.1) is 0 Å². The number of aliphatic hydroxyl groups is 3. The molecule has 1 aliphatic heterocycles. The molecule has 0 aromatic heterocycles. The smallest absolute Gasteiger partial charge is 0.187 e. The van der Waals surface area contributed by atoms with E-state index in [2.05, 4.69) is 0 Å². The molecule has 0 aromatic rings. The molecule has 0 aromatic carbocycles. The number of hydrogen-bond acceptors (Lipinski definition) is 6. The molecule has 0 bridgehead atoms. The van der Waals surface area contributed by atoms with E-state index in [-0.39, 0.29) is 6.61 Å². The van der Waals surface area contributed by atoms with Crippen molar-refractivity contribution < 1.29 is 29.5 Å². The second-order valence-corrected chi connectivity index (χ2v) is 7.13. The molecule has 0 spiro atoms. The quantitative estimate of drug-likeness (QED) is 0.699. The summed E-state index contributed by atoms with van der Waals surface area (Å²) in [5.74, 6) is 0. The first-order chi connectivity index (χ1) is 8.94. The molecule has 1 fully saturated rings.